The number of hydrogen-bond donors (Lipinski definition) is 1. The maximum absolute atomic E-state index is 12.2. The average molecular weight is 289 g/mol. The van der Waals surface area contributed by atoms with Crippen molar-refractivity contribution < 1.29 is 9.59 Å². The number of para-hydroxylation sites is 2. The number of hydrogen-bond acceptors (Lipinski definition) is 3. The number of carbonyl (C=O) groups excluding carboxylic acids is 2. The topological polar surface area (TPSA) is 52.7 Å². The minimum Gasteiger partial charge on any atom is -0.374 e. The fraction of sp³-hybridized carbons (Fsp3) is 0.500. The van der Waals surface area contributed by atoms with Gasteiger partial charge in [0.05, 0.1) is 17.9 Å². The van der Waals surface area contributed by atoms with Gasteiger partial charge in [-0.2, -0.15) is 0 Å². The van der Waals surface area contributed by atoms with E-state index in [2.05, 4.69) is 5.32 Å². The van der Waals surface area contributed by atoms with Crippen molar-refractivity contribution in [3.63, 3.8) is 0 Å². The quantitative estimate of drug-likeness (QED) is 0.872. The molecule has 0 radical (unpaired) electrons. The Morgan fingerprint density at radius 2 is 1.95 bits per heavy atom. The molecule has 0 atom stereocenters. The van der Waals surface area contributed by atoms with E-state index in [0.717, 1.165) is 30.8 Å². The molecular weight excluding hydrogens is 266 g/mol. The summed E-state index contributed by atoms with van der Waals surface area (Å²) in [7, 11) is 1.73. The summed E-state index contributed by atoms with van der Waals surface area (Å²) in [6.07, 6.45) is 2.23. The summed E-state index contributed by atoms with van der Waals surface area (Å²) in [6, 6.07) is 7.95. The van der Waals surface area contributed by atoms with Crippen LogP contribution in [0.25, 0.3) is 0 Å². The molecule has 0 saturated heterocycles. The summed E-state index contributed by atoms with van der Waals surface area (Å²) in [4.78, 5) is 27.2. The summed E-state index contributed by atoms with van der Waals surface area (Å²) >= 11 is 0. The number of nitrogens with zero attached hydrogens (tertiary/aromatic N) is 2. The summed E-state index contributed by atoms with van der Waals surface area (Å²) in [5.41, 5.74) is 1.59. The molecule has 1 aromatic rings. The molecule has 1 aromatic carbocycles. The van der Waals surface area contributed by atoms with Gasteiger partial charge in [-0.1, -0.05) is 12.1 Å². The third-order valence-corrected chi connectivity index (χ3v) is 3.82. The van der Waals surface area contributed by atoms with E-state index in [-0.39, 0.29) is 18.4 Å². The SMILES string of the molecule is CCN(C(=O)CNc1ccccc1N(C)C(C)=O)C1CC1. The lowest BCUT2D eigenvalue weighted by Crippen LogP contribution is -2.37. The van der Waals surface area contributed by atoms with Crippen LogP contribution in [-0.2, 0) is 9.59 Å². The molecule has 0 aromatic heterocycles. The zero-order chi connectivity index (χ0) is 15.4. The molecular formula is C16H23N3O2. The Labute approximate surface area is 125 Å². The normalized spacial score (nSPS) is 13.7. The second-order valence-corrected chi connectivity index (χ2v) is 5.36. The predicted octanol–water partition coefficient (Wildman–Crippen LogP) is 2.09. The van der Waals surface area contributed by atoms with E-state index in [1.807, 2.05) is 36.1 Å². The fourth-order valence-corrected chi connectivity index (χ4v) is 2.38. The van der Waals surface area contributed by atoms with E-state index in [4.69, 9.17) is 0 Å². The molecule has 0 aliphatic heterocycles. The molecule has 1 N–H and O–H groups in total. The van der Waals surface area contributed by atoms with Gasteiger partial charge >= 0.3 is 0 Å². The van der Waals surface area contributed by atoms with Crippen LogP contribution in [0.2, 0.25) is 0 Å². The number of likely N-dealkylation sites (N-methyl/N-ethyl adjacent to an activating group) is 1. The minimum atomic E-state index is -0.0382. The van der Waals surface area contributed by atoms with Crippen LogP contribution in [-0.4, -0.2) is 42.9 Å². The van der Waals surface area contributed by atoms with Crippen molar-refractivity contribution >= 4 is 23.2 Å². The predicted molar refractivity (Wildman–Crippen MR) is 84.4 cm³/mol. The lowest BCUT2D eigenvalue weighted by molar-refractivity contribution is -0.129. The molecule has 2 rings (SSSR count). The molecule has 21 heavy (non-hydrogen) atoms. The summed E-state index contributed by atoms with van der Waals surface area (Å²) in [5, 5.41) is 3.16. The average Bonchev–Trinajstić information content (AvgIpc) is 3.30. The largest absolute Gasteiger partial charge is 0.374 e. The van der Waals surface area contributed by atoms with Gasteiger partial charge in [0.1, 0.15) is 0 Å². The number of carbonyl (C=O) groups is 2. The Bertz CT molecular complexity index is 526. The van der Waals surface area contributed by atoms with E-state index < -0.39 is 0 Å². The van der Waals surface area contributed by atoms with Gasteiger partial charge in [0.2, 0.25) is 11.8 Å². The highest BCUT2D eigenvalue weighted by atomic mass is 16.2. The van der Waals surface area contributed by atoms with Gasteiger partial charge in [0, 0.05) is 26.6 Å². The number of rotatable bonds is 6. The van der Waals surface area contributed by atoms with Gasteiger partial charge in [0.15, 0.2) is 0 Å². The number of amides is 2. The van der Waals surface area contributed by atoms with Crippen molar-refractivity contribution in [1.82, 2.24) is 4.90 Å². The smallest absolute Gasteiger partial charge is 0.242 e. The fourth-order valence-electron chi connectivity index (χ4n) is 2.38. The molecule has 5 heteroatoms. The highest BCUT2D eigenvalue weighted by molar-refractivity contribution is 5.95. The Kier molecular flexibility index (Phi) is 4.83. The van der Waals surface area contributed by atoms with Crippen LogP contribution < -0.4 is 10.2 Å². The molecule has 0 unspecified atom stereocenters. The van der Waals surface area contributed by atoms with Crippen LogP contribution in [0, 0.1) is 0 Å². The zero-order valence-corrected chi connectivity index (χ0v) is 12.9. The molecule has 5 nitrogen and oxygen atoms in total. The number of nitrogens with one attached hydrogen (secondary N) is 1. The standard InChI is InChI=1S/C16H23N3O2/c1-4-19(13-9-10-13)16(21)11-17-14-7-5-6-8-15(14)18(3)12(2)20/h5-8,13,17H,4,9-11H2,1-3H3. The first-order valence-corrected chi connectivity index (χ1v) is 7.41. The first-order chi connectivity index (χ1) is 10.0. The van der Waals surface area contributed by atoms with Crippen LogP contribution in [0.4, 0.5) is 11.4 Å². The Hall–Kier alpha value is -2.04. The molecule has 1 saturated carbocycles. The van der Waals surface area contributed by atoms with Crippen LogP contribution in [0.15, 0.2) is 24.3 Å². The first-order valence-electron chi connectivity index (χ1n) is 7.41. The second-order valence-electron chi connectivity index (χ2n) is 5.36. The van der Waals surface area contributed by atoms with Crippen LogP contribution in [0.5, 0.6) is 0 Å². The highest BCUT2D eigenvalue weighted by Gasteiger charge is 2.31. The molecule has 0 spiro atoms. The summed E-state index contributed by atoms with van der Waals surface area (Å²) in [6.45, 7) is 4.54. The van der Waals surface area contributed by atoms with Gasteiger partial charge in [-0.15, -0.1) is 0 Å². The third kappa shape index (κ3) is 3.74. The van der Waals surface area contributed by atoms with E-state index >= 15 is 0 Å². The third-order valence-electron chi connectivity index (χ3n) is 3.82. The van der Waals surface area contributed by atoms with Crippen molar-refractivity contribution in [2.75, 3.05) is 30.4 Å². The first kappa shape index (κ1) is 15.4. The van der Waals surface area contributed by atoms with Gasteiger partial charge < -0.3 is 15.1 Å². The van der Waals surface area contributed by atoms with Crippen molar-refractivity contribution in [3.05, 3.63) is 24.3 Å². The van der Waals surface area contributed by atoms with E-state index in [0.29, 0.717) is 6.04 Å². The lowest BCUT2D eigenvalue weighted by Gasteiger charge is -2.23. The highest BCUT2D eigenvalue weighted by Crippen LogP contribution is 2.27. The number of benzene rings is 1. The maximum atomic E-state index is 12.2. The molecule has 114 valence electrons. The van der Waals surface area contributed by atoms with Crippen molar-refractivity contribution in [2.45, 2.75) is 32.7 Å². The van der Waals surface area contributed by atoms with Crippen LogP contribution in [0.1, 0.15) is 26.7 Å². The molecule has 2 amide bonds. The molecule has 1 aliphatic rings. The van der Waals surface area contributed by atoms with E-state index in [1.165, 1.54) is 6.92 Å². The van der Waals surface area contributed by atoms with Gasteiger partial charge in [0.25, 0.3) is 0 Å². The summed E-state index contributed by atoms with van der Waals surface area (Å²) in [5.74, 6) is 0.0732. The van der Waals surface area contributed by atoms with Crippen molar-refractivity contribution in [2.24, 2.45) is 0 Å². The minimum absolute atomic E-state index is 0.0382. The van der Waals surface area contributed by atoms with Crippen LogP contribution >= 0.6 is 0 Å². The molecule has 1 aliphatic carbocycles. The molecule has 1 fully saturated rings. The monoisotopic (exact) mass is 289 g/mol. The molecule has 0 bridgehead atoms. The summed E-state index contributed by atoms with van der Waals surface area (Å²) < 4.78 is 0. The Morgan fingerprint density at radius 1 is 1.29 bits per heavy atom. The van der Waals surface area contributed by atoms with Gasteiger partial charge in [-0.25, -0.2) is 0 Å². The van der Waals surface area contributed by atoms with Crippen molar-refractivity contribution in [3.8, 4) is 0 Å². The van der Waals surface area contributed by atoms with E-state index in [1.54, 1.807) is 11.9 Å². The van der Waals surface area contributed by atoms with Gasteiger partial charge in [-0.3, -0.25) is 9.59 Å². The van der Waals surface area contributed by atoms with Crippen LogP contribution in [0.3, 0.4) is 0 Å². The van der Waals surface area contributed by atoms with E-state index in [9.17, 15) is 9.59 Å². The number of anilines is 2. The maximum Gasteiger partial charge on any atom is 0.242 e. The zero-order valence-electron chi connectivity index (χ0n) is 12.9. The van der Waals surface area contributed by atoms with Gasteiger partial charge in [-0.05, 0) is 31.9 Å². The molecule has 0 heterocycles. The Balaban J connectivity index is 2.02. The Morgan fingerprint density at radius 3 is 2.52 bits per heavy atom. The second kappa shape index (κ2) is 6.61. The lowest BCUT2D eigenvalue weighted by atomic mass is 10.2. The van der Waals surface area contributed by atoms with Crippen molar-refractivity contribution in [1.29, 1.82) is 0 Å².